The van der Waals surface area contributed by atoms with Crippen LogP contribution in [0, 0.1) is 6.92 Å². The Morgan fingerprint density at radius 2 is 2.09 bits per heavy atom. The first-order valence-corrected chi connectivity index (χ1v) is 12.1. The molecular formula is C23H27ClN4O4S. The number of carbonyl (C=O) groups excluding carboxylic acids is 1. The molecule has 33 heavy (non-hydrogen) atoms. The molecule has 4 rings (SSSR count). The molecule has 1 fully saturated rings. The number of ether oxygens (including phenoxy) is 3. The number of benzene rings is 1. The molecule has 0 aliphatic carbocycles. The molecule has 1 aliphatic heterocycles. The first-order chi connectivity index (χ1) is 16.0. The number of halogens is 1. The van der Waals surface area contributed by atoms with Crippen molar-refractivity contribution in [3.8, 4) is 5.75 Å². The van der Waals surface area contributed by atoms with E-state index in [1.807, 2.05) is 18.2 Å². The van der Waals surface area contributed by atoms with Crippen molar-refractivity contribution in [1.82, 2.24) is 9.97 Å². The van der Waals surface area contributed by atoms with Crippen molar-refractivity contribution in [1.29, 1.82) is 0 Å². The van der Waals surface area contributed by atoms with Crippen LogP contribution in [0.2, 0.25) is 5.02 Å². The average Bonchev–Trinajstić information content (AvgIpc) is 3.19. The predicted molar refractivity (Wildman–Crippen MR) is 131 cm³/mol. The van der Waals surface area contributed by atoms with Gasteiger partial charge in [0.15, 0.2) is 0 Å². The SMILES string of the molecule is CCOC(=O)OC1CCN(c2nc(NCc3ccc(OC)c(Cl)c3)c3c(C)csc3n2)CC1. The Morgan fingerprint density at radius 1 is 1.30 bits per heavy atom. The molecule has 1 saturated heterocycles. The number of piperidine rings is 1. The van der Waals surface area contributed by atoms with Crippen molar-refractivity contribution in [2.75, 3.05) is 37.0 Å². The first-order valence-electron chi connectivity index (χ1n) is 10.9. The molecule has 10 heteroatoms. The average molecular weight is 491 g/mol. The van der Waals surface area contributed by atoms with E-state index in [0.717, 1.165) is 27.2 Å². The fourth-order valence-corrected chi connectivity index (χ4v) is 5.01. The van der Waals surface area contributed by atoms with Crippen molar-refractivity contribution < 1.29 is 19.0 Å². The fraction of sp³-hybridized carbons (Fsp3) is 0.435. The lowest BCUT2D eigenvalue weighted by atomic mass is 10.1. The van der Waals surface area contributed by atoms with Gasteiger partial charge in [-0.15, -0.1) is 11.3 Å². The standard InChI is InChI=1S/C23H27ClN4O4S/c1-4-31-23(29)32-16-7-9-28(10-8-16)22-26-20(19-14(2)13-33-21(19)27-22)25-12-15-5-6-18(30-3)17(24)11-15/h5-6,11,13,16H,4,7-10,12H2,1-3H3,(H,25,26,27). The van der Waals surface area contributed by atoms with Crippen LogP contribution in [-0.4, -0.2) is 49.0 Å². The van der Waals surface area contributed by atoms with Crippen molar-refractivity contribution in [2.24, 2.45) is 0 Å². The van der Waals surface area contributed by atoms with Crippen molar-refractivity contribution >= 4 is 51.1 Å². The summed E-state index contributed by atoms with van der Waals surface area (Å²) in [5, 5.41) is 7.17. The second-order valence-corrected chi connectivity index (χ2v) is 9.05. The summed E-state index contributed by atoms with van der Waals surface area (Å²) >= 11 is 7.89. The third-order valence-electron chi connectivity index (χ3n) is 5.53. The summed E-state index contributed by atoms with van der Waals surface area (Å²) in [5.41, 5.74) is 2.16. The fourth-order valence-electron chi connectivity index (χ4n) is 3.81. The van der Waals surface area contributed by atoms with E-state index < -0.39 is 6.16 Å². The van der Waals surface area contributed by atoms with Gasteiger partial charge in [-0.1, -0.05) is 17.7 Å². The zero-order valence-corrected chi connectivity index (χ0v) is 20.5. The highest BCUT2D eigenvalue weighted by Gasteiger charge is 2.25. The summed E-state index contributed by atoms with van der Waals surface area (Å²) in [6, 6.07) is 5.73. The molecular weight excluding hydrogens is 464 g/mol. The van der Waals surface area contributed by atoms with Crippen LogP contribution in [-0.2, 0) is 16.0 Å². The number of fused-ring (bicyclic) bond motifs is 1. The van der Waals surface area contributed by atoms with Gasteiger partial charge < -0.3 is 24.4 Å². The van der Waals surface area contributed by atoms with Gasteiger partial charge in [-0.05, 0) is 42.5 Å². The molecule has 1 N–H and O–H groups in total. The molecule has 0 atom stereocenters. The van der Waals surface area contributed by atoms with E-state index in [1.54, 1.807) is 25.4 Å². The summed E-state index contributed by atoms with van der Waals surface area (Å²) < 4.78 is 15.5. The minimum Gasteiger partial charge on any atom is -0.495 e. The molecule has 1 aliphatic rings. The van der Waals surface area contributed by atoms with E-state index >= 15 is 0 Å². The van der Waals surface area contributed by atoms with Gasteiger partial charge in [0.05, 0.1) is 24.1 Å². The van der Waals surface area contributed by atoms with Crippen LogP contribution in [0.4, 0.5) is 16.6 Å². The number of methoxy groups -OCH3 is 1. The van der Waals surface area contributed by atoms with Crippen LogP contribution in [0.1, 0.15) is 30.9 Å². The largest absolute Gasteiger partial charge is 0.508 e. The number of aryl methyl sites for hydroxylation is 1. The maximum absolute atomic E-state index is 11.6. The highest BCUT2D eigenvalue weighted by Crippen LogP contribution is 2.33. The van der Waals surface area contributed by atoms with E-state index in [0.29, 0.717) is 55.8 Å². The maximum Gasteiger partial charge on any atom is 0.508 e. The number of anilines is 2. The smallest absolute Gasteiger partial charge is 0.495 e. The number of hydrogen-bond acceptors (Lipinski definition) is 9. The number of rotatable bonds is 7. The van der Waals surface area contributed by atoms with Crippen molar-refractivity contribution in [2.45, 2.75) is 39.3 Å². The molecule has 0 saturated carbocycles. The Kier molecular flexibility index (Phi) is 7.39. The zero-order chi connectivity index (χ0) is 23.4. The summed E-state index contributed by atoms with van der Waals surface area (Å²) in [6.45, 7) is 6.11. The number of aromatic nitrogens is 2. The summed E-state index contributed by atoms with van der Waals surface area (Å²) in [4.78, 5) is 24.3. The van der Waals surface area contributed by atoms with E-state index in [2.05, 4.69) is 22.5 Å². The van der Waals surface area contributed by atoms with Crippen LogP contribution in [0.25, 0.3) is 10.2 Å². The number of carbonyl (C=O) groups is 1. The molecule has 176 valence electrons. The highest BCUT2D eigenvalue weighted by molar-refractivity contribution is 7.17. The minimum atomic E-state index is -0.604. The van der Waals surface area contributed by atoms with E-state index in [-0.39, 0.29) is 6.10 Å². The summed E-state index contributed by atoms with van der Waals surface area (Å²) in [6.07, 6.45) is 0.659. The maximum atomic E-state index is 11.6. The molecule has 1 aromatic carbocycles. The first kappa shape index (κ1) is 23.4. The van der Waals surface area contributed by atoms with E-state index in [1.165, 1.54) is 0 Å². The topological polar surface area (TPSA) is 85.8 Å². The van der Waals surface area contributed by atoms with Crippen LogP contribution in [0.3, 0.4) is 0 Å². The molecule has 8 nitrogen and oxygen atoms in total. The summed E-state index contributed by atoms with van der Waals surface area (Å²) in [5.74, 6) is 2.12. The summed E-state index contributed by atoms with van der Waals surface area (Å²) in [7, 11) is 1.60. The normalized spacial score (nSPS) is 14.4. The molecule has 0 spiro atoms. The predicted octanol–water partition coefficient (Wildman–Crippen LogP) is 5.42. The molecule has 0 radical (unpaired) electrons. The highest BCUT2D eigenvalue weighted by atomic mass is 35.5. The van der Waals surface area contributed by atoms with Gasteiger partial charge in [0.2, 0.25) is 5.95 Å². The second-order valence-electron chi connectivity index (χ2n) is 7.78. The minimum absolute atomic E-state index is 0.148. The third-order valence-corrected chi connectivity index (χ3v) is 6.82. The van der Waals surface area contributed by atoms with Gasteiger partial charge in [-0.2, -0.15) is 4.98 Å². The van der Waals surface area contributed by atoms with Gasteiger partial charge in [0.25, 0.3) is 0 Å². The Morgan fingerprint density at radius 3 is 2.79 bits per heavy atom. The van der Waals surface area contributed by atoms with Gasteiger partial charge in [0.1, 0.15) is 22.5 Å². The Balaban J connectivity index is 1.49. The number of nitrogens with zero attached hydrogens (tertiary/aromatic N) is 3. The number of thiophene rings is 1. The molecule has 3 aromatic rings. The van der Waals surface area contributed by atoms with E-state index in [9.17, 15) is 4.79 Å². The Bertz CT molecular complexity index is 1130. The van der Waals surface area contributed by atoms with Crippen LogP contribution < -0.4 is 15.0 Å². The molecule has 0 amide bonds. The van der Waals surface area contributed by atoms with Gasteiger partial charge in [-0.3, -0.25) is 0 Å². The van der Waals surface area contributed by atoms with Crippen molar-refractivity contribution in [3.05, 3.63) is 39.7 Å². The monoisotopic (exact) mass is 490 g/mol. The zero-order valence-electron chi connectivity index (χ0n) is 18.9. The van der Waals surface area contributed by atoms with Gasteiger partial charge >= 0.3 is 6.16 Å². The Labute approximate surface area is 201 Å². The quantitative estimate of drug-likeness (QED) is 0.439. The molecule has 0 bridgehead atoms. The number of hydrogen-bond donors (Lipinski definition) is 1. The second kappa shape index (κ2) is 10.4. The third kappa shape index (κ3) is 5.42. The van der Waals surface area contributed by atoms with Crippen LogP contribution >= 0.6 is 22.9 Å². The molecule has 2 aromatic heterocycles. The Hall–Kier alpha value is -2.78. The van der Waals surface area contributed by atoms with Crippen LogP contribution in [0.15, 0.2) is 23.6 Å². The molecule has 0 unspecified atom stereocenters. The van der Waals surface area contributed by atoms with Crippen LogP contribution in [0.5, 0.6) is 5.75 Å². The lowest BCUT2D eigenvalue weighted by molar-refractivity contribution is 0.0183. The van der Waals surface area contributed by atoms with Crippen molar-refractivity contribution in [3.63, 3.8) is 0 Å². The van der Waals surface area contributed by atoms with E-state index in [4.69, 9.17) is 35.8 Å². The van der Waals surface area contributed by atoms with Gasteiger partial charge in [-0.25, -0.2) is 9.78 Å². The van der Waals surface area contributed by atoms with Gasteiger partial charge in [0, 0.05) is 32.5 Å². The lowest BCUT2D eigenvalue weighted by Crippen LogP contribution is -2.39. The molecule has 3 heterocycles. The number of nitrogens with one attached hydrogen (secondary N) is 1. The lowest BCUT2D eigenvalue weighted by Gasteiger charge is -2.31.